The molecule has 3 rings (SSSR count). The lowest BCUT2D eigenvalue weighted by molar-refractivity contribution is -0.117. The topological polar surface area (TPSA) is 113 Å². The summed E-state index contributed by atoms with van der Waals surface area (Å²) in [6.45, 7) is 1.31. The normalized spacial score (nSPS) is 11.9. The van der Waals surface area contributed by atoms with Crippen LogP contribution in [0.5, 0.6) is 0 Å². The van der Waals surface area contributed by atoms with Crippen molar-refractivity contribution in [2.24, 2.45) is 0 Å². The van der Waals surface area contributed by atoms with Crippen LogP contribution in [0, 0.1) is 6.92 Å². The van der Waals surface area contributed by atoms with Gasteiger partial charge in [0.25, 0.3) is 9.84 Å². The number of hydrogen-bond donors (Lipinski definition) is 1. The van der Waals surface area contributed by atoms with Crippen LogP contribution in [0.1, 0.15) is 28.4 Å². The summed E-state index contributed by atoms with van der Waals surface area (Å²) in [5.41, 5.74) is -5.29. The van der Waals surface area contributed by atoms with Crippen LogP contribution in [-0.4, -0.2) is 40.8 Å². The molecule has 14 heteroatoms. The molecule has 1 heterocycles. The molecule has 8 nitrogen and oxygen atoms in total. The van der Waals surface area contributed by atoms with Gasteiger partial charge in [-0.3, -0.25) is 14.7 Å². The summed E-state index contributed by atoms with van der Waals surface area (Å²) < 4.78 is 62.9. The zero-order chi connectivity index (χ0) is 25.3. The summed E-state index contributed by atoms with van der Waals surface area (Å²) in [6.07, 6.45) is -0.727. The number of nitrogens with zero attached hydrogens (tertiary/aromatic N) is 3. The maximum atomic E-state index is 13.1. The summed E-state index contributed by atoms with van der Waals surface area (Å²) in [4.78, 5) is 29.3. The predicted molar refractivity (Wildman–Crippen MR) is 117 cm³/mol. The molecule has 1 aromatic heterocycles. The molecule has 0 bridgehead atoms. The van der Waals surface area contributed by atoms with Crippen molar-refractivity contribution in [2.45, 2.75) is 30.3 Å². The number of ketones is 1. The van der Waals surface area contributed by atoms with Crippen molar-refractivity contribution in [2.75, 3.05) is 4.90 Å². The Morgan fingerprint density at radius 1 is 1.09 bits per heavy atom. The van der Waals surface area contributed by atoms with E-state index in [1.54, 1.807) is 6.92 Å². The second-order valence-corrected chi connectivity index (χ2v) is 9.77. The molecule has 0 atom stereocenters. The van der Waals surface area contributed by atoms with Gasteiger partial charge in [-0.05, 0) is 42.8 Å². The molecule has 0 saturated carbocycles. The molecular formula is C20H15Cl2F3N4O4S. The highest BCUT2D eigenvalue weighted by molar-refractivity contribution is 7.92. The first-order valence-corrected chi connectivity index (χ1v) is 11.6. The molecule has 1 amide bonds. The monoisotopic (exact) mass is 534 g/mol. The van der Waals surface area contributed by atoms with Gasteiger partial charge in [0, 0.05) is 5.69 Å². The third-order valence-electron chi connectivity index (χ3n) is 4.53. The fourth-order valence-electron chi connectivity index (χ4n) is 2.88. The number of Topliss-reactive ketones (excluding diaryl/α,β-unsaturated/α-hetero) is 1. The molecule has 0 aliphatic rings. The molecule has 34 heavy (non-hydrogen) atoms. The molecular weight excluding hydrogens is 520 g/mol. The van der Waals surface area contributed by atoms with Crippen LogP contribution >= 0.6 is 23.2 Å². The number of alkyl halides is 3. The Morgan fingerprint density at radius 2 is 1.79 bits per heavy atom. The number of nitrogens with one attached hydrogen (secondary N) is 1. The average Bonchev–Trinajstić information content (AvgIpc) is 3.20. The van der Waals surface area contributed by atoms with Crippen molar-refractivity contribution in [1.29, 1.82) is 0 Å². The van der Waals surface area contributed by atoms with E-state index in [1.165, 1.54) is 24.3 Å². The molecule has 1 N–H and O–H groups in total. The van der Waals surface area contributed by atoms with E-state index in [-0.39, 0.29) is 28.1 Å². The standard InChI is InChI=1S/C20H15Cl2F3N4O4S/c1-11-26-19(28-27-11)17(30)9-18(31)29(10-12-5-6-15(21)16(22)7-12)13-3-2-4-14(8-13)34(32,33)20(23,24)25/h2-8H,9-10H2,1H3,(H,26,27,28). The van der Waals surface area contributed by atoms with E-state index in [9.17, 15) is 31.2 Å². The van der Waals surface area contributed by atoms with Gasteiger partial charge in [0.05, 0.1) is 27.9 Å². The van der Waals surface area contributed by atoms with Crippen LogP contribution in [0.15, 0.2) is 47.4 Å². The summed E-state index contributed by atoms with van der Waals surface area (Å²) in [7, 11) is -5.67. The first kappa shape index (κ1) is 25.7. The number of aryl methyl sites for hydroxylation is 1. The number of aromatic nitrogens is 3. The van der Waals surface area contributed by atoms with E-state index >= 15 is 0 Å². The van der Waals surface area contributed by atoms with Crippen molar-refractivity contribution < 1.29 is 31.2 Å². The third-order valence-corrected chi connectivity index (χ3v) is 6.75. The zero-order valence-electron chi connectivity index (χ0n) is 17.2. The minimum absolute atomic E-state index is 0.159. The van der Waals surface area contributed by atoms with E-state index in [0.717, 1.165) is 17.0 Å². The smallest absolute Gasteiger partial charge is 0.308 e. The van der Waals surface area contributed by atoms with Gasteiger partial charge in [0.15, 0.2) is 0 Å². The second kappa shape index (κ2) is 9.72. The van der Waals surface area contributed by atoms with Gasteiger partial charge in [-0.25, -0.2) is 13.4 Å². The summed E-state index contributed by atoms with van der Waals surface area (Å²) in [5.74, 6) is -1.48. The molecule has 0 radical (unpaired) electrons. The number of anilines is 1. The Labute approximate surface area is 201 Å². The number of H-pyrrole nitrogens is 1. The van der Waals surface area contributed by atoms with Crippen molar-refractivity contribution >= 4 is 50.4 Å². The van der Waals surface area contributed by atoms with Gasteiger partial charge in [-0.1, -0.05) is 35.3 Å². The molecule has 180 valence electrons. The van der Waals surface area contributed by atoms with E-state index in [0.29, 0.717) is 17.5 Å². The summed E-state index contributed by atoms with van der Waals surface area (Å²) in [5, 5.41) is 6.55. The fraction of sp³-hybridized carbons (Fsp3) is 0.200. The Morgan fingerprint density at radius 3 is 2.38 bits per heavy atom. The van der Waals surface area contributed by atoms with Crippen LogP contribution in [0.4, 0.5) is 18.9 Å². The number of aromatic amines is 1. The minimum Gasteiger partial charge on any atom is -0.308 e. The SMILES string of the molecule is Cc1nc(C(=O)CC(=O)N(Cc2ccc(Cl)c(Cl)c2)c2cccc(S(=O)(=O)C(F)(F)F)c2)n[nH]1. The lowest BCUT2D eigenvalue weighted by atomic mass is 10.1. The number of sulfone groups is 1. The van der Waals surface area contributed by atoms with Gasteiger partial charge < -0.3 is 4.90 Å². The molecule has 0 aliphatic carbocycles. The zero-order valence-corrected chi connectivity index (χ0v) is 19.6. The largest absolute Gasteiger partial charge is 0.501 e. The molecule has 0 aliphatic heterocycles. The molecule has 0 saturated heterocycles. The number of benzene rings is 2. The lowest BCUT2D eigenvalue weighted by Crippen LogP contribution is -2.32. The summed E-state index contributed by atoms with van der Waals surface area (Å²) in [6, 6.07) is 8.17. The number of halogens is 5. The van der Waals surface area contributed by atoms with Gasteiger partial charge in [0.2, 0.25) is 17.5 Å². The van der Waals surface area contributed by atoms with Gasteiger partial charge in [-0.2, -0.15) is 18.3 Å². The first-order valence-electron chi connectivity index (χ1n) is 9.37. The minimum atomic E-state index is -5.67. The second-order valence-electron chi connectivity index (χ2n) is 7.02. The highest BCUT2D eigenvalue weighted by Crippen LogP contribution is 2.33. The van der Waals surface area contributed by atoms with E-state index in [1.807, 2.05) is 0 Å². The predicted octanol–water partition coefficient (Wildman–Crippen LogP) is 4.52. The number of rotatable bonds is 7. The Balaban J connectivity index is 2.01. The first-order chi connectivity index (χ1) is 15.8. The Bertz CT molecular complexity index is 1360. The molecule has 0 spiro atoms. The van der Waals surface area contributed by atoms with Crippen LogP contribution in [-0.2, 0) is 21.2 Å². The van der Waals surface area contributed by atoms with E-state index < -0.39 is 38.4 Å². The maximum absolute atomic E-state index is 13.1. The fourth-order valence-corrected chi connectivity index (χ4v) is 4.00. The van der Waals surface area contributed by atoms with Crippen molar-refractivity contribution in [1.82, 2.24) is 15.2 Å². The van der Waals surface area contributed by atoms with Gasteiger partial charge in [-0.15, -0.1) is 0 Å². The molecule has 3 aromatic rings. The van der Waals surface area contributed by atoms with E-state index in [2.05, 4.69) is 15.2 Å². The quantitative estimate of drug-likeness (QED) is 0.352. The van der Waals surface area contributed by atoms with Crippen molar-refractivity contribution in [3.05, 3.63) is 69.7 Å². The third kappa shape index (κ3) is 5.57. The Hall–Kier alpha value is -2.96. The average molecular weight is 535 g/mol. The number of carbonyl (C=O) groups excluding carboxylic acids is 2. The number of amides is 1. The van der Waals surface area contributed by atoms with Gasteiger partial charge in [0.1, 0.15) is 5.82 Å². The number of hydrogen-bond acceptors (Lipinski definition) is 6. The van der Waals surface area contributed by atoms with Crippen LogP contribution < -0.4 is 4.90 Å². The Kier molecular flexibility index (Phi) is 7.34. The maximum Gasteiger partial charge on any atom is 0.501 e. The van der Waals surface area contributed by atoms with Crippen LogP contribution in [0.2, 0.25) is 10.0 Å². The van der Waals surface area contributed by atoms with Crippen molar-refractivity contribution in [3.8, 4) is 0 Å². The molecule has 0 unspecified atom stereocenters. The molecule has 0 fully saturated rings. The highest BCUT2D eigenvalue weighted by atomic mass is 35.5. The van der Waals surface area contributed by atoms with E-state index in [4.69, 9.17) is 23.2 Å². The molecule has 2 aromatic carbocycles. The lowest BCUT2D eigenvalue weighted by Gasteiger charge is -2.24. The number of carbonyl (C=O) groups is 2. The van der Waals surface area contributed by atoms with Gasteiger partial charge >= 0.3 is 5.51 Å². The van der Waals surface area contributed by atoms with Crippen LogP contribution in [0.3, 0.4) is 0 Å². The highest BCUT2D eigenvalue weighted by Gasteiger charge is 2.47. The van der Waals surface area contributed by atoms with Crippen molar-refractivity contribution in [3.63, 3.8) is 0 Å². The van der Waals surface area contributed by atoms with Crippen LogP contribution in [0.25, 0.3) is 0 Å². The summed E-state index contributed by atoms with van der Waals surface area (Å²) >= 11 is 11.9.